The van der Waals surface area contributed by atoms with Crippen LogP contribution in [-0.4, -0.2) is 38.8 Å². The third-order valence-electron chi connectivity index (χ3n) is 4.94. The van der Waals surface area contributed by atoms with Gasteiger partial charge in [0.1, 0.15) is 0 Å². The fraction of sp³-hybridized carbons (Fsp3) is 0.158. The third-order valence-corrected chi connectivity index (χ3v) is 6.48. The number of aryl methyl sites for hydroxylation is 1. The number of nitrogens with one attached hydrogen (secondary N) is 1. The lowest BCUT2D eigenvalue weighted by Gasteiger charge is -2.20. The molecule has 0 radical (unpaired) electrons. The number of nitrogens with two attached hydrogens (primary N) is 2. The number of sulfonamides is 2. The molecule has 0 atom stereocenters. The molecule has 1 heterocycles. The van der Waals surface area contributed by atoms with Crippen LogP contribution in [0.25, 0.3) is 16.9 Å². The van der Waals surface area contributed by atoms with Crippen molar-refractivity contribution in [2.75, 3.05) is 11.0 Å². The molecule has 1 aliphatic carbocycles. The lowest BCUT2D eigenvalue weighted by Crippen LogP contribution is -2.15. The van der Waals surface area contributed by atoms with E-state index >= 15 is 0 Å². The minimum Gasteiger partial charge on any atom is -0.364 e. The van der Waals surface area contributed by atoms with Gasteiger partial charge in [0.25, 0.3) is 5.91 Å². The molecule has 0 spiro atoms. The molecule has 12 heteroatoms. The summed E-state index contributed by atoms with van der Waals surface area (Å²) in [5, 5.41) is 9.54. The van der Waals surface area contributed by atoms with E-state index in [0.29, 0.717) is 41.0 Å². The summed E-state index contributed by atoms with van der Waals surface area (Å²) < 4.78 is 50.4. The molecule has 2 aromatic carbocycles. The number of rotatable bonds is 5. The van der Waals surface area contributed by atoms with Gasteiger partial charge in [-0.3, -0.25) is 9.52 Å². The van der Waals surface area contributed by atoms with Crippen molar-refractivity contribution >= 4 is 31.6 Å². The number of fused-ring (bicyclic) bond motifs is 3. The molecule has 0 unspecified atom stereocenters. The van der Waals surface area contributed by atoms with Crippen molar-refractivity contribution in [2.45, 2.75) is 17.7 Å². The molecular formula is C19H19N5O5S2. The Bertz CT molecular complexity index is 1430. The zero-order valence-corrected chi connectivity index (χ0v) is 18.0. The molecule has 3 aromatic rings. The van der Waals surface area contributed by atoms with E-state index in [1.54, 1.807) is 12.1 Å². The fourth-order valence-corrected chi connectivity index (χ4v) is 4.75. The van der Waals surface area contributed by atoms with Crippen molar-refractivity contribution in [2.24, 2.45) is 10.9 Å². The summed E-state index contributed by atoms with van der Waals surface area (Å²) in [5.41, 5.74) is 9.40. The summed E-state index contributed by atoms with van der Waals surface area (Å²) in [4.78, 5) is 12.0. The predicted molar refractivity (Wildman–Crippen MR) is 115 cm³/mol. The Morgan fingerprint density at radius 3 is 2.32 bits per heavy atom. The molecule has 1 amide bonds. The average molecular weight is 462 g/mol. The van der Waals surface area contributed by atoms with Crippen LogP contribution < -0.4 is 15.6 Å². The van der Waals surface area contributed by atoms with Crippen molar-refractivity contribution in [3.63, 3.8) is 0 Å². The predicted octanol–water partition coefficient (Wildman–Crippen LogP) is 0.756. The van der Waals surface area contributed by atoms with Crippen molar-refractivity contribution in [3.8, 4) is 16.9 Å². The number of carbonyl (C=O) groups excluding carboxylic acids is 1. The second-order valence-corrected chi connectivity index (χ2v) is 10.5. The number of benzene rings is 2. The molecule has 0 saturated carbocycles. The summed E-state index contributed by atoms with van der Waals surface area (Å²) in [7, 11) is -7.35. The molecule has 4 rings (SSSR count). The van der Waals surface area contributed by atoms with Gasteiger partial charge in [0.05, 0.1) is 22.5 Å². The van der Waals surface area contributed by atoms with E-state index < -0.39 is 26.0 Å². The Balaban J connectivity index is 1.93. The van der Waals surface area contributed by atoms with Gasteiger partial charge >= 0.3 is 0 Å². The van der Waals surface area contributed by atoms with Gasteiger partial charge in [-0.25, -0.2) is 26.7 Å². The normalized spacial score (nSPS) is 13.4. The van der Waals surface area contributed by atoms with Gasteiger partial charge in [-0.1, -0.05) is 6.07 Å². The van der Waals surface area contributed by atoms with E-state index in [0.717, 1.165) is 11.8 Å². The molecule has 0 fully saturated rings. The highest BCUT2D eigenvalue weighted by molar-refractivity contribution is 7.92. The lowest BCUT2D eigenvalue weighted by molar-refractivity contribution is 0.0994. The first-order valence-corrected chi connectivity index (χ1v) is 12.5. The van der Waals surface area contributed by atoms with E-state index in [9.17, 15) is 21.6 Å². The van der Waals surface area contributed by atoms with E-state index in [-0.39, 0.29) is 10.6 Å². The first-order chi connectivity index (χ1) is 14.4. The Kier molecular flexibility index (Phi) is 4.87. The third kappa shape index (κ3) is 4.04. The number of primary amides is 1. The highest BCUT2D eigenvalue weighted by Gasteiger charge is 2.28. The van der Waals surface area contributed by atoms with Gasteiger partial charge in [0.2, 0.25) is 20.0 Å². The largest absolute Gasteiger partial charge is 0.364 e. The van der Waals surface area contributed by atoms with Gasteiger partial charge in [0, 0.05) is 16.8 Å². The SMILES string of the molecule is CS(=O)(=O)Nc1ccc2c(c1)-c1c(c(C(N)=O)nn1-c1ccc(S(N)(=O)=O)cc1)CC2. The maximum absolute atomic E-state index is 12.0. The van der Waals surface area contributed by atoms with Crippen LogP contribution in [0.4, 0.5) is 5.69 Å². The van der Waals surface area contributed by atoms with E-state index in [1.807, 2.05) is 6.07 Å². The van der Waals surface area contributed by atoms with Crippen molar-refractivity contribution in [1.29, 1.82) is 0 Å². The summed E-state index contributed by atoms with van der Waals surface area (Å²) in [5.74, 6) is -0.690. The number of carbonyl (C=O) groups is 1. The summed E-state index contributed by atoms with van der Waals surface area (Å²) in [6.07, 6.45) is 2.20. The van der Waals surface area contributed by atoms with Crippen LogP contribution in [0.3, 0.4) is 0 Å². The number of aromatic nitrogens is 2. The zero-order valence-electron chi connectivity index (χ0n) is 16.4. The minimum atomic E-state index is -3.87. The second-order valence-electron chi connectivity index (χ2n) is 7.24. The summed E-state index contributed by atoms with van der Waals surface area (Å²) >= 11 is 0. The first-order valence-electron chi connectivity index (χ1n) is 9.10. The van der Waals surface area contributed by atoms with Crippen molar-refractivity contribution in [3.05, 3.63) is 59.3 Å². The van der Waals surface area contributed by atoms with Crippen LogP contribution in [0.1, 0.15) is 21.6 Å². The fourth-order valence-electron chi connectivity index (χ4n) is 3.68. The Hall–Kier alpha value is -3.22. The average Bonchev–Trinajstić information content (AvgIpc) is 3.06. The molecule has 1 aromatic heterocycles. The lowest BCUT2D eigenvalue weighted by atomic mass is 9.88. The molecule has 162 valence electrons. The molecule has 5 N–H and O–H groups in total. The zero-order chi connectivity index (χ0) is 22.6. The Labute approximate surface area is 179 Å². The molecular weight excluding hydrogens is 442 g/mol. The van der Waals surface area contributed by atoms with Crippen molar-refractivity contribution in [1.82, 2.24) is 9.78 Å². The van der Waals surface area contributed by atoms with Crippen molar-refractivity contribution < 1.29 is 21.6 Å². The summed E-state index contributed by atoms with van der Waals surface area (Å²) in [6, 6.07) is 10.9. The summed E-state index contributed by atoms with van der Waals surface area (Å²) in [6.45, 7) is 0. The highest BCUT2D eigenvalue weighted by Crippen LogP contribution is 2.38. The van der Waals surface area contributed by atoms with E-state index in [1.165, 1.54) is 28.9 Å². The Morgan fingerprint density at radius 1 is 1.06 bits per heavy atom. The molecule has 10 nitrogen and oxygen atoms in total. The van der Waals surface area contributed by atoms with Gasteiger partial charge in [-0.05, 0) is 54.8 Å². The molecule has 0 saturated heterocycles. The van der Waals surface area contributed by atoms with E-state index in [2.05, 4.69) is 9.82 Å². The number of nitrogens with zero attached hydrogens (tertiary/aromatic N) is 2. The number of primary sulfonamides is 1. The maximum atomic E-state index is 12.0. The molecule has 0 aliphatic heterocycles. The number of anilines is 1. The number of hydrogen-bond donors (Lipinski definition) is 3. The Morgan fingerprint density at radius 2 is 1.74 bits per heavy atom. The van der Waals surface area contributed by atoms with Gasteiger partial charge in [-0.15, -0.1) is 0 Å². The topological polar surface area (TPSA) is 167 Å². The minimum absolute atomic E-state index is 0.0626. The standard InChI is InChI=1S/C19H19N5O5S2/c1-30(26,27)23-12-4-2-11-3-9-15-17(19(20)25)22-24(18(15)16(11)10-12)13-5-7-14(8-6-13)31(21,28)29/h2,4-8,10,23H,3,9H2,1H3,(H2,20,25)(H2,21,28,29). The highest BCUT2D eigenvalue weighted by atomic mass is 32.2. The first kappa shape index (κ1) is 21.0. The maximum Gasteiger partial charge on any atom is 0.269 e. The van der Waals surface area contributed by atoms with E-state index in [4.69, 9.17) is 10.9 Å². The molecule has 31 heavy (non-hydrogen) atoms. The van der Waals surface area contributed by atoms with Crippen LogP contribution in [0.5, 0.6) is 0 Å². The van der Waals surface area contributed by atoms with Gasteiger partial charge in [0.15, 0.2) is 5.69 Å². The molecule has 1 aliphatic rings. The van der Waals surface area contributed by atoms with Gasteiger partial charge in [-0.2, -0.15) is 5.10 Å². The monoisotopic (exact) mass is 461 g/mol. The molecule has 0 bridgehead atoms. The van der Waals surface area contributed by atoms with Crippen LogP contribution in [-0.2, 0) is 32.9 Å². The second kappa shape index (κ2) is 7.18. The van der Waals surface area contributed by atoms with Crippen LogP contribution in [0.15, 0.2) is 47.4 Å². The van der Waals surface area contributed by atoms with Crippen LogP contribution in [0, 0.1) is 0 Å². The van der Waals surface area contributed by atoms with Crippen LogP contribution in [0.2, 0.25) is 0 Å². The quantitative estimate of drug-likeness (QED) is 0.507. The smallest absolute Gasteiger partial charge is 0.269 e. The number of hydrogen-bond acceptors (Lipinski definition) is 6. The van der Waals surface area contributed by atoms with Gasteiger partial charge < -0.3 is 5.73 Å². The number of amides is 1. The van der Waals surface area contributed by atoms with Crippen LogP contribution >= 0.6 is 0 Å².